The summed E-state index contributed by atoms with van der Waals surface area (Å²) in [5, 5.41) is 21.0. The summed E-state index contributed by atoms with van der Waals surface area (Å²) in [7, 11) is 0. The molecular weight excluding hydrogens is 391 g/mol. The number of halogens is 3. The van der Waals surface area contributed by atoms with Crippen molar-refractivity contribution in [3.63, 3.8) is 0 Å². The fraction of sp³-hybridized carbons (Fsp3) is 0.600. The molecule has 3 aliphatic rings. The molecule has 2 heterocycles. The van der Waals surface area contributed by atoms with Crippen LogP contribution in [0.1, 0.15) is 53.8 Å². The largest absolute Gasteiger partial charge is 0.511 e. The lowest BCUT2D eigenvalue weighted by Crippen LogP contribution is -2.32. The fourth-order valence-corrected chi connectivity index (χ4v) is 4.38. The lowest BCUT2D eigenvalue weighted by atomic mass is 9.82. The van der Waals surface area contributed by atoms with E-state index in [1.807, 2.05) is 0 Å². The summed E-state index contributed by atoms with van der Waals surface area (Å²) >= 11 is 0. The molecule has 0 amide bonds. The van der Waals surface area contributed by atoms with Crippen LogP contribution >= 0.6 is 0 Å². The van der Waals surface area contributed by atoms with Crippen molar-refractivity contribution >= 4 is 5.78 Å². The van der Waals surface area contributed by atoms with Crippen molar-refractivity contribution in [1.82, 2.24) is 4.98 Å². The van der Waals surface area contributed by atoms with Crippen molar-refractivity contribution in [2.24, 2.45) is 11.8 Å². The van der Waals surface area contributed by atoms with E-state index in [-0.39, 0.29) is 41.0 Å². The molecule has 2 fully saturated rings. The Balaban J connectivity index is 1.67. The van der Waals surface area contributed by atoms with E-state index in [0.29, 0.717) is 32.3 Å². The molecule has 4 atom stereocenters. The standard InChI is InChI=1S/C20H22F3NO5/c21-20(22,23)14-6-5-12(13(24-14)9-29-15-2-1-7-28-15)19(27)16-17(25)10-3-4-11(8-10)18(16)26/h5-6,10-11,15,17,25-26H,1-4,7-9H2. The monoisotopic (exact) mass is 413 g/mol. The summed E-state index contributed by atoms with van der Waals surface area (Å²) in [6, 6.07) is 1.76. The van der Waals surface area contributed by atoms with Gasteiger partial charge < -0.3 is 19.7 Å². The maximum absolute atomic E-state index is 13.1. The van der Waals surface area contributed by atoms with Gasteiger partial charge in [0.2, 0.25) is 0 Å². The summed E-state index contributed by atoms with van der Waals surface area (Å²) in [6.45, 7) is 0.162. The molecule has 1 saturated carbocycles. The minimum atomic E-state index is -4.68. The van der Waals surface area contributed by atoms with Gasteiger partial charge in [-0.2, -0.15) is 13.2 Å². The van der Waals surface area contributed by atoms with E-state index in [0.717, 1.165) is 18.6 Å². The third kappa shape index (κ3) is 3.91. The van der Waals surface area contributed by atoms with Crippen LogP contribution in [0.25, 0.3) is 0 Å². The number of aliphatic hydroxyl groups is 2. The molecule has 158 valence electrons. The highest BCUT2D eigenvalue weighted by Gasteiger charge is 2.44. The number of hydrogen-bond donors (Lipinski definition) is 2. The lowest BCUT2D eigenvalue weighted by Gasteiger charge is -2.27. The van der Waals surface area contributed by atoms with Crippen molar-refractivity contribution in [2.45, 2.75) is 57.3 Å². The summed E-state index contributed by atoms with van der Waals surface area (Å²) in [5.74, 6) is -1.21. The molecule has 1 aromatic rings. The van der Waals surface area contributed by atoms with Gasteiger partial charge in [0.05, 0.1) is 24.0 Å². The first-order valence-electron chi connectivity index (χ1n) is 9.72. The van der Waals surface area contributed by atoms with E-state index in [1.165, 1.54) is 0 Å². The summed E-state index contributed by atoms with van der Waals surface area (Å²) in [6.07, 6.45) is -3.03. The second-order valence-electron chi connectivity index (χ2n) is 7.79. The van der Waals surface area contributed by atoms with Gasteiger partial charge in [0.15, 0.2) is 12.1 Å². The number of Topliss-reactive ketones (excluding diaryl/α,β-unsaturated/α-hetero) is 1. The number of nitrogens with zero attached hydrogens (tertiary/aromatic N) is 1. The number of allylic oxidation sites excluding steroid dienone is 1. The normalized spacial score (nSPS) is 29.5. The van der Waals surface area contributed by atoms with Gasteiger partial charge in [-0.25, -0.2) is 4.98 Å². The fourth-order valence-electron chi connectivity index (χ4n) is 4.38. The van der Waals surface area contributed by atoms with Gasteiger partial charge in [0, 0.05) is 24.5 Å². The number of rotatable bonds is 5. The Hall–Kier alpha value is -1.97. The maximum Gasteiger partial charge on any atom is 0.433 e. The number of aromatic nitrogens is 1. The Kier molecular flexibility index (Phi) is 5.39. The number of alkyl halides is 3. The van der Waals surface area contributed by atoms with Crippen LogP contribution in [0.2, 0.25) is 0 Å². The molecule has 2 aliphatic carbocycles. The minimum absolute atomic E-state index is 0.113. The first-order chi connectivity index (χ1) is 13.8. The maximum atomic E-state index is 13.1. The van der Waals surface area contributed by atoms with E-state index >= 15 is 0 Å². The second kappa shape index (κ2) is 7.70. The molecule has 0 aromatic carbocycles. The molecule has 2 N–H and O–H groups in total. The van der Waals surface area contributed by atoms with Crippen molar-refractivity contribution < 1.29 is 37.7 Å². The third-order valence-corrected chi connectivity index (χ3v) is 5.93. The van der Waals surface area contributed by atoms with Crippen LogP contribution in [0.5, 0.6) is 0 Å². The Morgan fingerprint density at radius 1 is 1.28 bits per heavy atom. The predicted molar refractivity (Wildman–Crippen MR) is 93.8 cm³/mol. The molecule has 4 rings (SSSR count). The number of hydrogen-bond acceptors (Lipinski definition) is 6. The third-order valence-electron chi connectivity index (χ3n) is 5.93. The SMILES string of the molecule is O=C(C1=C(O)C2CCC(C2)C1O)c1ccc(C(F)(F)F)nc1COC1CCCO1. The van der Waals surface area contributed by atoms with Gasteiger partial charge in [-0.3, -0.25) is 4.79 Å². The molecule has 1 aromatic heterocycles. The predicted octanol–water partition coefficient (Wildman–Crippen LogP) is 3.54. The van der Waals surface area contributed by atoms with Gasteiger partial charge in [-0.1, -0.05) is 0 Å². The zero-order valence-electron chi connectivity index (χ0n) is 15.6. The Labute approximate surface area is 165 Å². The van der Waals surface area contributed by atoms with E-state index in [2.05, 4.69) is 4.98 Å². The van der Waals surface area contributed by atoms with E-state index in [9.17, 15) is 28.2 Å². The van der Waals surface area contributed by atoms with Crippen LogP contribution in [0.4, 0.5) is 13.2 Å². The zero-order valence-corrected chi connectivity index (χ0v) is 15.6. The highest BCUT2D eigenvalue weighted by molar-refractivity contribution is 6.10. The molecule has 1 saturated heterocycles. The van der Waals surface area contributed by atoms with Gasteiger partial charge in [-0.05, 0) is 43.7 Å². The highest BCUT2D eigenvalue weighted by atomic mass is 19.4. The smallest absolute Gasteiger partial charge is 0.433 e. The summed E-state index contributed by atoms with van der Waals surface area (Å²) < 4.78 is 50.2. The van der Waals surface area contributed by atoms with Crippen LogP contribution in [-0.2, 0) is 22.3 Å². The highest BCUT2D eigenvalue weighted by Crippen LogP contribution is 2.45. The Morgan fingerprint density at radius 2 is 2.07 bits per heavy atom. The van der Waals surface area contributed by atoms with Gasteiger partial charge in [-0.15, -0.1) is 0 Å². The number of pyridine rings is 1. The van der Waals surface area contributed by atoms with Crippen molar-refractivity contribution in [3.05, 3.63) is 40.4 Å². The van der Waals surface area contributed by atoms with Crippen LogP contribution in [0, 0.1) is 11.8 Å². The molecule has 0 radical (unpaired) electrons. The minimum Gasteiger partial charge on any atom is -0.511 e. The molecule has 29 heavy (non-hydrogen) atoms. The Bertz CT molecular complexity index is 832. The molecule has 6 nitrogen and oxygen atoms in total. The van der Waals surface area contributed by atoms with Crippen molar-refractivity contribution in [3.8, 4) is 0 Å². The first kappa shape index (κ1) is 20.3. The number of ketones is 1. The number of fused-ring (bicyclic) bond motifs is 2. The second-order valence-corrected chi connectivity index (χ2v) is 7.79. The molecule has 0 spiro atoms. The molecular formula is C20H22F3NO5. The summed E-state index contributed by atoms with van der Waals surface area (Å²) in [5.41, 5.74) is -1.57. The number of ether oxygens (including phenoxy) is 2. The lowest BCUT2D eigenvalue weighted by molar-refractivity contribution is -0.142. The van der Waals surface area contributed by atoms with Gasteiger partial charge >= 0.3 is 6.18 Å². The molecule has 1 aliphatic heterocycles. The van der Waals surface area contributed by atoms with E-state index in [1.54, 1.807) is 0 Å². The van der Waals surface area contributed by atoms with Crippen LogP contribution in [0.3, 0.4) is 0 Å². The van der Waals surface area contributed by atoms with Crippen molar-refractivity contribution in [1.29, 1.82) is 0 Å². The molecule has 2 bridgehead atoms. The molecule has 4 unspecified atom stereocenters. The average Bonchev–Trinajstić information content (AvgIpc) is 3.35. The van der Waals surface area contributed by atoms with Crippen LogP contribution < -0.4 is 0 Å². The van der Waals surface area contributed by atoms with Gasteiger partial charge in [0.1, 0.15) is 11.5 Å². The quantitative estimate of drug-likeness (QED) is 0.718. The number of carbonyl (C=O) groups excluding carboxylic acids is 1. The van der Waals surface area contributed by atoms with Gasteiger partial charge in [0.25, 0.3) is 0 Å². The first-order valence-corrected chi connectivity index (χ1v) is 9.72. The zero-order chi connectivity index (χ0) is 20.8. The number of carbonyl (C=O) groups is 1. The van der Waals surface area contributed by atoms with Crippen molar-refractivity contribution in [2.75, 3.05) is 6.61 Å². The van der Waals surface area contributed by atoms with Crippen LogP contribution in [-0.4, -0.2) is 40.0 Å². The summed E-state index contributed by atoms with van der Waals surface area (Å²) in [4.78, 5) is 16.7. The van der Waals surface area contributed by atoms with Crippen LogP contribution in [0.15, 0.2) is 23.5 Å². The van der Waals surface area contributed by atoms with E-state index < -0.39 is 30.0 Å². The average molecular weight is 413 g/mol. The Morgan fingerprint density at radius 3 is 2.76 bits per heavy atom. The van der Waals surface area contributed by atoms with E-state index in [4.69, 9.17) is 9.47 Å². The topological polar surface area (TPSA) is 88.9 Å². The number of aliphatic hydroxyl groups excluding tert-OH is 2. The molecule has 9 heteroatoms.